The Morgan fingerprint density at radius 3 is 2.84 bits per heavy atom. The van der Waals surface area contributed by atoms with Crippen molar-refractivity contribution >= 4 is 46.2 Å². The van der Waals surface area contributed by atoms with Crippen molar-refractivity contribution in [2.45, 2.75) is 13.5 Å². The van der Waals surface area contributed by atoms with E-state index in [2.05, 4.69) is 14.9 Å². The van der Waals surface area contributed by atoms with E-state index in [1.165, 1.54) is 6.08 Å². The van der Waals surface area contributed by atoms with Gasteiger partial charge in [-0.05, 0) is 36.8 Å². The number of carbonyl (C=O) groups excluding carboxylic acids is 1. The molecule has 4 nitrogen and oxygen atoms in total. The van der Waals surface area contributed by atoms with Gasteiger partial charge in [-0.15, -0.1) is 0 Å². The van der Waals surface area contributed by atoms with Crippen LogP contribution in [0.3, 0.4) is 0 Å². The average molecular weight is 374 g/mol. The molecule has 1 amide bonds. The van der Waals surface area contributed by atoms with E-state index in [4.69, 9.17) is 23.2 Å². The lowest BCUT2D eigenvalue weighted by molar-refractivity contribution is -0.116. The topological polar surface area (TPSA) is 46.9 Å². The molecule has 0 radical (unpaired) electrons. The van der Waals surface area contributed by atoms with Gasteiger partial charge in [0, 0.05) is 19.2 Å². The lowest BCUT2D eigenvalue weighted by atomic mass is 10.2. The number of aromatic nitrogens is 2. The maximum Gasteiger partial charge on any atom is 0.244 e. The second-order valence-corrected chi connectivity index (χ2v) is 6.35. The highest BCUT2D eigenvalue weighted by Gasteiger charge is 2.06. The number of aryl methyl sites for hydroxylation is 1. The number of hydrogen-bond acceptors (Lipinski definition) is 2. The van der Waals surface area contributed by atoms with E-state index in [0.717, 1.165) is 16.9 Å². The van der Waals surface area contributed by atoms with Crippen molar-refractivity contribution in [1.82, 2.24) is 14.9 Å². The normalized spacial score (nSPS) is 11.3. The summed E-state index contributed by atoms with van der Waals surface area (Å²) < 4.78 is 2.09. The molecular weight excluding hydrogens is 357 g/mol. The van der Waals surface area contributed by atoms with Crippen molar-refractivity contribution in [1.29, 1.82) is 0 Å². The predicted octanol–water partition coefficient (Wildman–Crippen LogP) is 4.48. The number of carbonyl (C=O) groups is 1. The number of imidazole rings is 1. The molecule has 25 heavy (non-hydrogen) atoms. The quantitative estimate of drug-likeness (QED) is 0.670. The van der Waals surface area contributed by atoms with E-state index in [1.807, 2.05) is 31.2 Å². The molecule has 0 aliphatic rings. The van der Waals surface area contributed by atoms with E-state index in [9.17, 15) is 4.79 Å². The lowest BCUT2D eigenvalue weighted by Gasteiger charge is -2.07. The zero-order valence-corrected chi connectivity index (χ0v) is 15.2. The van der Waals surface area contributed by atoms with Gasteiger partial charge in [0.05, 0.1) is 21.1 Å². The van der Waals surface area contributed by atoms with Crippen LogP contribution in [0.4, 0.5) is 0 Å². The molecule has 3 rings (SSSR count). The maximum atomic E-state index is 12.0. The summed E-state index contributed by atoms with van der Waals surface area (Å²) in [6.45, 7) is 3.13. The molecule has 128 valence electrons. The molecule has 0 saturated heterocycles. The standard InChI is InChI=1S/C19H17Cl2N3O/c1-13-23-16-7-2-3-8-17(16)24(13)12-11-22-18(25)10-9-14-5-4-6-15(20)19(14)21/h2-10H,11-12H2,1H3,(H,22,25)/b10-9+. The third kappa shape index (κ3) is 4.03. The van der Waals surface area contributed by atoms with Gasteiger partial charge in [-0.2, -0.15) is 0 Å². The average Bonchev–Trinajstić information content (AvgIpc) is 2.92. The van der Waals surface area contributed by atoms with Crippen LogP contribution in [0.1, 0.15) is 11.4 Å². The SMILES string of the molecule is Cc1nc2ccccc2n1CCNC(=O)/C=C/c1cccc(Cl)c1Cl. The Kier molecular flexibility index (Phi) is 5.41. The van der Waals surface area contributed by atoms with Crippen LogP contribution in [0.2, 0.25) is 10.0 Å². The maximum absolute atomic E-state index is 12.0. The highest BCUT2D eigenvalue weighted by molar-refractivity contribution is 6.42. The number of para-hydroxylation sites is 2. The molecule has 1 aromatic heterocycles. The zero-order valence-electron chi connectivity index (χ0n) is 13.7. The van der Waals surface area contributed by atoms with Gasteiger partial charge >= 0.3 is 0 Å². The van der Waals surface area contributed by atoms with Crippen LogP contribution in [0.25, 0.3) is 17.1 Å². The van der Waals surface area contributed by atoms with E-state index in [-0.39, 0.29) is 5.91 Å². The molecule has 0 aliphatic carbocycles. The van der Waals surface area contributed by atoms with Crippen LogP contribution in [0.5, 0.6) is 0 Å². The van der Waals surface area contributed by atoms with Gasteiger partial charge in [0.2, 0.25) is 5.91 Å². The number of nitrogens with one attached hydrogen (secondary N) is 1. The Labute approximate surface area is 156 Å². The molecule has 0 bridgehead atoms. The number of fused-ring (bicyclic) bond motifs is 1. The van der Waals surface area contributed by atoms with Gasteiger partial charge in [0.1, 0.15) is 5.82 Å². The Morgan fingerprint density at radius 1 is 1.20 bits per heavy atom. The molecule has 3 aromatic rings. The van der Waals surface area contributed by atoms with E-state index < -0.39 is 0 Å². The summed E-state index contributed by atoms with van der Waals surface area (Å²) in [6, 6.07) is 13.3. The number of rotatable bonds is 5. The lowest BCUT2D eigenvalue weighted by Crippen LogP contribution is -2.25. The first-order valence-corrected chi connectivity index (χ1v) is 8.63. The summed E-state index contributed by atoms with van der Waals surface area (Å²) in [4.78, 5) is 16.5. The molecule has 1 N–H and O–H groups in total. The van der Waals surface area contributed by atoms with E-state index in [0.29, 0.717) is 28.7 Å². The second kappa shape index (κ2) is 7.72. The van der Waals surface area contributed by atoms with Gasteiger partial charge in [-0.25, -0.2) is 4.98 Å². The number of halogens is 2. The number of nitrogens with zero attached hydrogens (tertiary/aromatic N) is 2. The second-order valence-electron chi connectivity index (χ2n) is 5.57. The van der Waals surface area contributed by atoms with Crippen molar-refractivity contribution in [2.24, 2.45) is 0 Å². The van der Waals surface area contributed by atoms with E-state index >= 15 is 0 Å². The Bertz CT molecular complexity index is 947. The number of hydrogen-bond donors (Lipinski definition) is 1. The zero-order chi connectivity index (χ0) is 17.8. The Balaban J connectivity index is 1.60. The van der Waals surface area contributed by atoms with Crippen LogP contribution in [0.15, 0.2) is 48.5 Å². The van der Waals surface area contributed by atoms with Crippen LogP contribution in [-0.2, 0) is 11.3 Å². The van der Waals surface area contributed by atoms with Gasteiger partial charge in [-0.3, -0.25) is 4.79 Å². The minimum atomic E-state index is -0.182. The third-order valence-corrected chi connectivity index (χ3v) is 4.71. The monoisotopic (exact) mass is 373 g/mol. The van der Waals surface area contributed by atoms with Crippen molar-refractivity contribution in [3.63, 3.8) is 0 Å². The molecular formula is C19H17Cl2N3O. The van der Waals surface area contributed by atoms with Crippen molar-refractivity contribution in [3.8, 4) is 0 Å². The molecule has 0 spiro atoms. The summed E-state index contributed by atoms with van der Waals surface area (Å²) in [5.74, 6) is 0.745. The van der Waals surface area contributed by atoms with E-state index in [1.54, 1.807) is 24.3 Å². The minimum absolute atomic E-state index is 0.182. The van der Waals surface area contributed by atoms with Crippen molar-refractivity contribution < 1.29 is 4.79 Å². The fraction of sp³-hybridized carbons (Fsp3) is 0.158. The minimum Gasteiger partial charge on any atom is -0.351 e. The molecule has 6 heteroatoms. The first kappa shape index (κ1) is 17.5. The molecule has 1 heterocycles. The number of benzene rings is 2. The van der Waals surface area contributed by atoms with Crippen LogP contribution < -0.4 is 5.32 Å². The fourth-order valence-electron chi connectivity index (χ4n) is 2.64. The Hall–Kier alpha value is -2.30. The van der Waals surface area contributed by atoms with Crippen LogP contribution >= 0.6 is 23.2 Å². The van der Waals surface area contributed by atoms with Crippen molar-refractivity contribution in [3.05, 3.63) is 70.0 Å². The van der Waals surface area contributed by atoms with Gasteiger partial charge in [0.25, 0.3) is 0 Å². The van der Waals surface area contributed by atoms with Gasteiger partial charge in [-0.1, -0.05) is 47.5 Å². The smallest absolute Gasteiger partial charge is 0.244 e. The number of amides is 1. The summed E-state index contributed by atoms with van der Waals surface area (Å²) in [5, 5.41) is 3.77. The molecule has 0 saturated carbocycles. The van der Waals surface area contributed by atoms with Crippen LogP contribution in [0, 0.1) is 6.92 Å². The molecule has 0 fully saturated rings. The first-order valence-electron chi connectivity index (χ1n) is 7.88. The fourth-order valence-corrected chi connectivity index (χ4v) is 3.01. The van der Waals surface area contributed by atoms with Gasteiger partial charge in [0.15, 0.2) is 0 Å². The molecule has 0 aliphatic heterocycles. The summed E-state index contributed by atoms with van der Waals surface area (Å²) in [5.41, 5.74) is 2.73. The summed E-state index contributed by atoms with van der Waals surface area (Å²) in [7, 11) is 0. The van der Waals surface area contributed by atoms with Crippen molar-refractivity contribution in [2.75, 3.05) is 6.54 Å². The molecule has 0 unspecified atom stereocenters. The molecule has 0 atom stereocenters. The Morgan fingerprint density at radius 2 is 2.00 bits per heavy atom. The van der Waals surface area contributed by atoms with Crippen LogP contribution in [-0.4, -0.2) is 22.0 Å². The predicted molar refractivity (Wildman–Crippen MR) is 103 cm³/mol. The van der Waals surface area contributed by atoms with Gasteiger partial charge < -0.3 is 9.88 Å². The highest BCUT2D eigenvalue weighted by Crippen LogP contribution is 2.26. The largest absolute Gasteiger partial charge is 0.351 e. The summed E-state index contributed by atoms with van der Waals surface area (Å²) >= 11 is 12.1. The highest BCUT2D eigenvalue weighted by atomic mass is 35.5. The first-order chi connectivity index (χ1) is 12.1. The summed E-state index contributed by atoms with van der Waals surface area (Å²) in [6.07, 6.45) is 3.11. The third-order valence-electron chi connectivity index (χ3n) is 3.88. The molecule has 2 aromatic carbocycles.